The second-order valence-electron chi connectivity index (χ2n) is 8.04. The van der Waals surface area contributed by atoms with Gasteiger partial charge in [0.2, 0.25) is 0 Å². The lowest BCUT2D eigenvalue weighted by Gasteiger charge is -2.06. The van der Waals surface area contributed by atoms with Crippen molar-refractivity contribution in [3.63, 3.8) is 0 Å². The summed E-state index contributed by atoms with van der Waals surface area (Å²) in [6.07, 6.45) is 0.715. The molecule has 0 aliphatic carbocycles. The number of hydrogen-bond acceptors (Lipinski definition) is 6. The molecule has 0 radical (unpaired) electrons. The summed E-state index contributed by atoms with van der Waals surface area (Å²) in [5, 5.41) is 7.67. The van der Waals surface area contributed by atoms with E-state index in [1.54, 1.807) is 23.0 Å². The van der Waals surface area contributed by atoms with E-state index in [0.29, 0.717) is 16.3 Å². The van der Waals surface area contributed by atoms with Crippen LogP contribution >= 0.6 is 11.6 Å². The monoisotopic (exact) mass is 537 g/mol. The van der Waals surface area contributed by atoms with Crippen LogP contribution in [0.25, 0.3) is 23.0 Å². The third-order valence-corrected chi connectivity index (χ3v) is 5.56. The van der Waals surface area contributed by atoms with E-state index in [9.17, 15) is 18.4 Å². The Bertz CT molecular complexity index is 1520. The smallest absolute Gasteiger partial charge is 0.452 e. The third kappa shape index (κ3) is 5.81. The number of alkyl halides is 2. The summed E-state index contributed by atoms with van der Waals surface area (Å²) in [6, 6.07) is 20.3. The first-order valence-electron chi connectivity index (χ1n) is 11.2. The van der Waals surface area contributed by atoms with Gasteiger partial charge in [0, 0.05) is 40.2 Å². The molecule has 0 saturated heterocycles. The van der Waals surface area contributed by atoms with Gasteiger partial charge in [0.25, 0.3) is 5.91 Å². The van der Waals surface area contributed by atoms with Gasteiger partial charge in [-0.15, -0.1) is 8.78 Å². The highest BCUT2D eigenvalue weighted by atomic mass is 35.5. The summed E-state index contributed by atoms with van der Waals surface area (Å²) in [5.41, 5.74) is 3.03. The lowest BCUT2D eigenvalue weighted by molar-refractivity contribution is -0.286. The van der Waals surface area contributed by atoms with E-state index in [1.165, 1.54) is 30.4 Å². The maximum Gasteiger partial charge on any atom is 0.586 e. The first kappa shape index (κ1) is 25.0. The molecule has 1 aromatic heterocycles. The summed E-state index contributed by atoms with van der Waals surface area (Å²) >= 11 is 6.01. The average molecular weight is 538 g/mol. The van der Waals surface area contributed by atoms with Crippen molar-refractivity contribution in [2.45, 2.75) is 6.29 Å². The number of ether oxygens (including phenoxy) is 3. The van der Waals surface area contributed by atoms with Crippen LogP contribution in [0, 0.1) is 0 Å². The Morgan fingerprint density at radius 1 is 1.03 bits per heavy atom. The van der Waals surface area contributed by atoms with Gasteiger partial charge in [-0.2, -0.15) is 5.10 Å². The second kappa shape index (κ2) is 10.3. The lowest BCUT2D eigenvalue weighted by atomic mass is 10.1. The van der Waals surface area contributed by atoms with Gasteiger partial charge in [-0.25, -0.2) is 9.48 Å². The van der Waals surface area contributed by atoms with E-state index in [4.69, 9.17) is 16.3 Å². The molecule has 192 valence electrons. The van der Waals surface area contributed by atoms with Crippen molar-refractivity contribution in [1.82, 2.24) is 9.78 Å². The number of nitrogens with one attached hydrogen (secondary N) is 1. The fourth-order valence-corrected chi connectivity index (χ4v) is 3.75. The van der Waals surface area contributed by atoms with Gasteiger partial charge in [0.1, 0.15) is 0 Å². The topological polar surface area (TPSA) is 91.7 Å². The number of rotatable bonds is 7. The Morgan fingerprint density at radius 3 is 2.53 bits per heavy atom. The van der Waals surface area contributed by atoms with Crippen LogP contribution in [0.5, 0.6) is 11.5 Å². The molecule has 38 heavy (non-hydrogen) atoms. The molecule has 4 aromatic rings. The predicted molar refractivity (Wildman–Crippen MR) is 135 cm³/mol. The van der Waals surface area contributed by atoms with Crippen LogP contribution in [0.4, 0.5) is 14.5 Å². The van der Waals surface area contributed by atoms with E-state index in [2.05, 4.69) is 19.9 Å². The minimum absolute atomic E-state index is 0.155. The molecule has 0 fully saturated rings. The summed E-state index contributed by atoms with van der Waals surface area (Å²) in [5.74, 6) is -1.81. The Labute approximate surface area is 220 Å². The number of para-hydroxylation sites is 1. The molecule has 0 unspecified atom stereocenters. The SMILES string of the molecule is O=C(COC(=O)/C=C/c1cn(-c2ccccc2)nc1-c1ccc(Cl)cc1)Nc1ccc2c(c1)OC(F)(F)O2. The molecule has 2 heterocycles. The molecule has 5 rings (SSSR count). The van der Waals surface area contributed by atoms with E-state index >= 15 is 0 Å². The maximum absolute atomic E-state index is 13.2. The summed E-state index contributed by atoms with van der Waals surface area (Å²) in [7, 11) is 0. The number of nitrogens with zero attached hydrogens (tertiary/aromatic N) is 2. The number of esters is 1. The van der Waals surface area contributed by atoms with Gasteiger partial charge in [0.05, 0.1) is 11.4 Å². The fraction of sp³-hybridized carbons (Fsp3) is 0.0741. The first-order valence-corrected chi connectivity index (χ1v) is 11.6. The van der Waals surface area contributed by atoms with E-state index in [-0.39, 0.29) is 17.2 Å². The van der Waals surface area contributed by atoms with Gasteiger partial charge in [-0.05, 0) is 42.5 Å². The van der Waals surface area contributed by atoms with Crippen molar-refractivity contribution in [3.8, 4) is 28.4 Å². The largest absolute Gasteiger partial charge is 0.586 e. The molecule has 0 atom stereocenters. The van der Waals surface area contributed by atoms with Gasteiger partial charge >= 0.3 is 12.3 Å². The molecule has 1 amide bonds. The van der Waals surface area contributed by atoms with E-state index in [1.807, 2.05) is 42.5 Å². The quantitative estimate of drug-likeness (QED) is 0.240. The van der Waals surface area contributed by atoms with Crippen LogP contribution in [0.3, 0.4) is 0 Å². The summed E-state index contributed by atoms with van der Waals surface area (Å²) in [6.45, 7) is -0.596. The number of aromatic nitrogens is 2. The molecule has 0 saturated carbocycles. The van der Waals surface area contributed by atoms with Crippen molar-refractivity contribution in [2.24, 2.45) is 0 Å². The number of halogens is 3. The Hall–Kier alpha value is -4.70. The maximum atomic E-state index is 13.2. The number of fused-ring (bicyclic) bond motifs is 1. The number of benzene rings is 3. The number of carbonyl (C=O) groups is 2. The highest BCUT2D eigenvalue weighted by Crippen LogP contribution is 2.42. The second-order valence-corrected chi connectivity index (χ2v) is 8.47. The fourth-order valence-electron chi connectivity index (χ4n) is 3.62. The van der Waals surface area contributed by atoms with Crippen molar-refractivity contribution < 1.29 is 32.6 Å². The normalized spacial score (nSPS) is 13.4. The average Bonchev–Trinajstić information content (AvgIpc) is 3.46. The Morgan fingerprint density at radius 2 is 1.76 bits per heavy atom. The molecule has 1 aliphatic heterocycles. The van der Waals surface area contributed by atoms with Gasteiger partial charge < -0.3 is 19.5 Å². The molecule has 11 heteroatoms. The summed E-state index contributed by atoms with van der Waals surface area (Å²) < 4.78 is 41.7. The minimum Gasteiger partial charge on any atom is -0.452 e. The number of hydrogen-bond donors (Lipinski definition) is 1. The molecule has 0 bridgehead atoms. The lowest BCUT2D eigenvalue weighted by Crippen LogP contribution is -2.25. The molecular weight excluding hydrogens is 520 g/mol. The molecule has 1 N–H and O–H groups in total. The molecule has 1 aliphatic rings. The van der Waals surface area contributed by atoms with Crippen LogP contribution in [0.1, 0.15) is 5.56 Å². The molecule has 0 spiro atoms. The van der Waals surface area contributed by atoms with Gasteiger partial charge in [-0.3, -0.25) is 4.79 Å². The molecule has 3 aromatic carbocycles. The number of anilines is 1. The van der Waals surface area contributed by atoms with Crippen LogP contribution < -0.4 is 14.8 Å². The Balaban J connectivity index is 1.24. The molecular formula is C27H18ClF2N3O5. The predicted octanol–water partition coefficient (Wildman–Crippen LogP) is 5.71. The van der Waals surface area contributed by atoms with E-state index in [0.717, 1.165) is 11.3 Å². The highest BCUT2D eigenvalue weighted by molar-refractivity contribution is 6.30. The van der Waals surface area contributed by atoms with E-state index < -0.39 is 24.8 Å². The van der Waals surface area contributed by atoms with Gasteiger partial charge in [-0.1, -0.05) is 41.9 Å². The third-order valence-electron chi connectivity index (χ3n) is 5.31. The van der Waals surface area contributed by atoms with Crippen LogP contribution in [0.2, 0.25) is 5.02 Å². The molecule has 8 nitrogen and oxygen atoms in total. The standard InChI is InChI=1S/C27H18ClF2N3O5/c28-19-9-6-17(7-10-19)26-18(15-33(32-26)21-4-2-1-3-5-21)8-13-25(35)36-16-24(34)31-20-11-12-22-23(14-20)38-27(29,30)37-22/h1-15H,16H2,(H,31,34)/b13-8+. The summed E-state index contributed by atoms with van der Waals surface area (Å²) in [4.78, 5) is 24.5. The van der Waals surface area contributed by atoms with Crippen molar-refractivity contribution in [1.29, 1.82) is 0 Å². The minimum atomic E-state index is -3.77. The van der Waals surface area contributed by atoms with Crippen LogP contribution in [0.15, 0.2) is 85.1 Å². The zero-order valence-electron chi connectivity index (χ0n) is 19.4. The Kier molecular flexibility index (Phi) is 6.80. The van der Waals surface area contributed by atoms with Crippen LogP contribution in [-0.4, -0.2) is 34.6 Å². The van der Waals surface area contributed by atoms with Crippen molar-refractivity contribution in [2.75, 3.05) is 11.9 Å². The number of carbonyl (C=O) groups excluding carboxylic acids is 2. The first-order chi connectivity index (χ1) is 18.3. The highest BCUT2D eigenvalue weighted by Gasteiger charge is 2.43. The van der Waals surface area contributed by atoms with Crippen molar-refractivity contribution >= 4 is 35.2 Å². The van der Waals surface area contributed by atoms with Crippen molar-refractivity contribution in [3.05, 3.63) is 95.7 Å². The van der Waals surface area contributed by atoms with Gasteiger partial charge in [0.15, 0.2) is 18.1 Å². The number of amides is 1. The zero-order valence-corrected chi connectivity index (χ0v) is 20.2. The zero-order chi connectivity index (χ0) is 26.7. The van der Waals surface area contributed by atoms with Crippen LogP contribution in [-0.2, 0) is 14.3 Å².